The van der Waals surface area contributed by atoms with E-state index in [1.807, 2.05) is 26.2 Å². The van der Waals surface area contributed by atoms with Gasteiger partial charge in [-0.15, -0.1) is 11.3 Å². The molecule has 2 N–H and O–H groups in total. The SMILES string of the molecule is CCN(C(C)=O)c1nc(CNCC(=O)NC(C)C)cs1. The number of rotatable bonds is 7. The molecule has 0 fully saturated rings. The van der Waals surface area contributed by atoms with Crippen LogP contribution in [-0.2, 0) is 16.1 Å². The number of carbonyl (C=O) groups excluding carboxylic acids is 2. The minimum Gasteiger partial charge on any atom is -0.353 e. The fraction of sp³-hybridized carbons (Fsp3) is 0.615. The molecule has 0 aromatic carbocycles. The average Bonchev–Trinajstić information content (AvgIpc) is 2.77. The highest BCUT2D eigenvalue weighted by Crippen LogP contribution is 2.20. The largest absolute Gasteiger partial charge is 0.353 e. The van der Waals surface area contributed by atoms with Gasteiger partial charge in [0.15, 0.2) is 5.13 Å². The lowest BCUT2D eigenvalue weighted by Crippen LogP contribution is -2.37. The van der Waals surface area contributed by atoms with E-state index in [0.29, 0.717) is 18.2 Å². The molecule has 1 heterocycles. The Labute approximate surface area is 123 Å². The van der Waals surface area contributed by atoms with Gasteiger partial charge in [-0.1, -0.05) is 0 Å². The molecule has 2 amide bonds. The summed E-state index contributed by atoms with van der Waals surface area (Å²) < 4.78 is 0. The molecule has 1 aromatic heterocycles. The second-order valence-electron chi connectivity index (χ2n) is 4.71. The summed E-state index contributed by atoms with van der Waals surface area (Å²) in [7, 11) is 0. The third-order valence-corrected chi connectivity index (χ3v) is 3.42. The van der Waals surface area contributed by atoms with Crippen LogP contribution in [0.5, 0.6) is 0 Å². The Morgan fingerprint density at radius 3 is 2.70 bits per heavy atom. The van der Waals surface area contributed by atoms with E-state index >= 15 is 0 Å². The Bertz CT molecular complexity index is 459. The molecule has 0 aliphatic carbocycles. The van der Waals surface area contributed by atoms with Gasteiger partial charge in [0, 0.05) is 31.4 Å². The predicted octanol–water partition coefficient (Wildman–Crippen LogP) is 1.13. The molecular weight excluding hydrogens is 276 g/mol. The average molecular weight is 298 g/mol. The summed E-state index contributed by atoms with van der Waals surface area (Å²) in [5.41, 5.74) is 0.835. The van der Waals surface area contributed by atoms with E-state index in [2.05, 4.69) is 15.6 Å². The van der Waals surface area contributed by atoms with Gasteiger partial charge in [0.25, 0.3) is 0 Å². The molecular formula is C13H22N4O2S. The number of aromatic nitrogens is 1. The molecule has 0 saturated carbocycles. The van der Waals surface area contributed by atoms with Gasteiger partial charge in [-0.3, -0.25) is 14.5 Å². The Kier molecular flexibility index (Phi) is 6.60. The Hall–Kier alpha value is -1.47. The number of hydrogen-bond acceptors (Lipinski definition) is 5. The first kappa shape index (κ1) is 16.6. The van der Waals surface area contributed by atoms with Crippen molar-refractivity contribution >= 4 is 28.3 Å². The van der Waals surface area contributed by atoms with Crippen LogP contribution in [0, 0.1) is 0 Å². The summed E-state index contributed by atoms with van der Waals surface area (Å²) >= 11 is 1.43. The second kappa shape index (κ2) is 7.96. The summed E-state index contributed by atoms with van der Waals surface area (Å²) in [6, 6.07) is 0.142. The first-order chi connectivity index (χ1) is 9.43. The van der Waals surface area contributed by atoms with Crippen molar-refractivity contribution in [2.24, 2.45) is 0 Å². The van der Waals surface area contributed by atoms with Crippen LogP contribution in [0.25, 0.3) is 0 Å². The van der Waals surface area contributed by atoms with Crippen LogP contribution in [0.1, 0.15) is 33.4 Å². The Morgan fingerprint density at radius 2 is 2.15 bits per heavy atom. The third kappa shape index (κ3) is 5.26. The molecule has 0 aliphatic rings. The van der Waals surface area contributed by atoms with E-state index in [4.69, 9.17) is 0 Å². The summed E-state index contributed by atoms with van der Waals surface area (Å²) in [4.78, 5) is 28.9. The molecule has 0 atom stereocenters. The molecule has 0 spiro atoms. The normalized spacial score (nSPS) is 10.7. The molecule has 0 bridgehead atoms. The number of thiazole rings is 1. The second-order valence-corrected chi connectivity index (χ2v) is 5.55. The smallest absolute Gasteiger partial charge is 0.234 e. The fourth-order valence-corrected chi connectivity index (χ4v) is 2.60. The van der Waals surface area contributed by atoms with E-state index in [-0.39, 0.29) is 24.4 Å². The van der Waals surface area contributed by atoms with Crippen LogP contribution in [0.3, 0.4) is 0 Å². The maximum atomic E-state index is 11.4. The highest BCUT2D eigenvalue weighted by molar-refractivity contribution is 7.14. The maximum Gasteiger partial charge on any atom is 0.234 e. The van der Waals surface area contributed by atoms with Crippen LogP contribution in [-0.4, -0.2) is 35.9 Å². The van der Waals surface area contributed by atoms with Gasteiger partial charge < -0.3 is 10.6 Å². The van der Waals surface area contributed by atoms with Crippen molar-refractivity contribution in [3.8, 4) is 0 Å². The zero-order valence-corrected chi connectivity index (χ0v) is 13.2. The van der Waals surface area contributed by atoms with Gasteiger partial charge in [-0.25, -0.2) is 4.98 Å². The zero-order chi connectivity index (χ0) is 15.1. The van der Waals surface area contributed by atoms with Gasteiger partial charge in [-0.2, -0.15) is 0 Å². The number of amides is 2. The van der Waals surface area contributed by atoms with Gasteiger partial charge in [0.1, 0.15) is 0 Å². The summed E-state index contributed by atoms with van der Waals surface area (Å²) in [5, 5.41) is 8.43. The van der Waals surface area contributed by atoms with Gasteiger partial charge in [0.2, 0.25) is 11.8 Å². The van der Waals surface area contributed by atoms with Crippen LogP contribution >= 0.6 is 11.3 Å². The monoisotopic (exact) mass is 298 g/mol. The van der Waals surface area contributed by atoms with Crippen LogP contribution < -0.4 is 15.5 Å². The molecule has 1 aromatic rings. The minimum absolute atomic E-state index is 0.0160. The first-order valence-corrected chi connectivity index (χ1v) is 7.54. The fourth-order valence-electron chi connectivity index (χ4n) is 1.67. The van der Waals surface area contributed by atoms with E-state index in [0.717, 1.165) is 5.69 Å². The van der Waals surface area contributed by atoms with Crippen LogP contribution in [0.2, 0.25) is 0 Å². The molecule has 20 heavy (non-hydrogen) atoms. The van der Waals surface area contributed by atoms with Crippen molar-refractivity contribution in [3.63, 3.8) is 0 Å². The summed E-state index contributed by atoms with van der Waals surface area (Å²) in [5.74, 6) is -0.0490. The van der Waals surface area contributed by atoms with Gasteiger partial charge in [0.05, 0.1) is 12.2 Å². The number of hydrogen-bond donors (Lipinski definition) is 2. The van der Waals surface area contributed by atoms with E-state index in [1.54, 1.807) is 4.90 Å². The zero-order valence-electron chi connectivity index (χ0n) is 12.4. The standard InChI is InChI=1S/C13H22N4O2S/c1-5-17(10(4)18)13-16-11(8-20-13)6-14-7-12(19)15-9(2)3/h8-9,14H,5-7H2,1-4H3,(H,15,19). The lowest BCUT2D eigenvalue weighted by Gasteiger charge is -2.14. The third-order valence-electron chi connectivity index (χ3n) is 2.51. The number of nitrogens with one attached hydrogen (secondary N) is 2. The summed E-state index contributed by atoms with van der Waals surface area (Å²) in [6.07, 6.45) is 0. The molecule has 0 radical (unpaired) electrons. The van der Waals surface area contributed by atoms with Crippen LogP contribution in [0.4, 0.5) is 5.13 Å². The Morgan fingerprint density at radius 1 is 1.45 bits per heavy atom. The lowest BCUT2D eigenvalue weighted by atomic mass is 10.4. The number of anilines is 1. The maximum absolute atomic E-state index is 11.4. The van der Waals surface area contributed by atoms with Crippen molar-refractivity contribution < 1.29 is 9.59 Å². The summed E-state index contributed by atoms with van der Waals surface area (Å²) in [6.45, 7) is 8.66. The highest BCUT2D eigenvalue weighted by atomic mass is 32.1. The van der Waals surface area contributed by atoms with Gasteiger partial charge in [-0.05, 0) is 20.8 Å². The molecule has 1 rings (SSSR count). The van der Waals surface area contributed by atoms with Gasteiger partial charge >= 0.3 is 0 Å². The predicted molar refractivity (Wildman–Crippen MR) is 80.8 cm³/mol. The van der Waals surface area contributed by atoms with E-state index < -0.39 is 0 Å². The van der Waals surface area contributed by atoms with Crippen LogP contribution in [0.15, 0.2) is 5.38 Å². The van der Waals surface area contributed by atoms with Crippen molar-refractivity contribution in [2.75, 3.05) is 18.0 Å². The number of nitrogens with zero attached hydrogens (tertiary/aromatic N) is 2. The van der Waals surface area contributed by atoms with Crippen molar-refractivity contribution in [3.05, 3.63) is 11.1 Å². The molecule has 112 valence electrons. The topological polar surface area (TPSA) is 74.3 Å². The van der Waals surface area contributed by atoms with Crippen molar-refractivity contribution in [2.45, 2.75) is 40.3 Å². The van der Waals surface area contributed by atoms with E-state index in [1.165, 1.54) is 18.3 Å². The quantitative estimate of drug-likeness (QED) is 0.791. The lowest BCUT2D eigenvalue weighted by molar-refractivity contribution is -0.120. The molecule has 0 unspecified atom stereocenters. The number of carbonyl (C=O) groups is 2. The minimum atomic E-state index is -0.0330. The molecule has 0 saturated heterocycles. The molecule has 6 nitrogen and oxygen atoms in total. The van der Waals surface area contributed by atoms with Crippen molar-refractivity contribution in [1.29, 1.82) is 0 Å². The molecule has 7 heteroatoms. The Balaban J connectivity index is 2.44. The van der Waals surface area contributed by atoms with E-state index in [9.17, 15) is 9.59 Å². The first-order valence-electron chi connectivity index (χ1n) is 6.66. The molecule has 0 aliphatic heterocycles. The highest BCUT2D eigenvalue weighted by Gasteiger charge is 2.13. The van der Waals surface area contributed by atoms with Crippen molar-refractivity contribution in [1.82, 2.24) is 15.6 Å².